The largest absolute Gasteiger partial charge is 0.384 e. The van der Waals surface area contributed by atoms with Gasteiger partial charge >= 0.3 is 0 Å². The van der Waals surface area contributed by atoms with Crippen LogP contribution in [0.2, 0.25) is 0 Å². The first-order chi connectivity index (χ1) is 11.5. The molecule has 2 aliphatic rings. The fraction of sp³-hybridized carbons (Fsp3) is 0.312. The van der Waals surface area contributed by atoms with Gasteiger partial charge in [-0.25, -0.2) is 0 Å². The number of hydrogen-bond donors (Lipinski definition) is 2. The Morgan fingerprint density at radius 3 is 2.71 bits per heavy atom. The molecule has 2 aliphatic heterocycles. The van der Waals surface area contributed by atoms with Crippen molar-refractivity contribution in [3.63, 3.8) is 0 Å². The average molecular weight is 329 g/mol. The fourth-order valence-corrected chi connectivity index (χ4v) is 2.93. The van der Waals surface area contributed by atoms with Crippen LogP contribution in [0, 0.1) is 0 Å². The van der Waals surface area contributed by atoms with Gasteiger partial charge in [0.2, 0.25) is 11.8 Å². The maximum Gasteiger partial charge on any atom is 0.264 e. The first-order valence-corrected chi connectivity index (χ1v) is 7.56. The molecule has 1 aromatic carbocycles. The Kier molecular flexibility index (Phi) is 4.11. The number of fused-ring (bicyclic) bond motifs is 1. The van der Waals surface area contributed by atoms with Crippen LogP contribution < -0.4 is 10.6 Å². The van der Waals surface area contributed by atoms with E-state index in [4.69, 9.17) is 0 Å². The first kappa shape index (κ1) is 15.9. The van der Waals surface area contributed by atoms with E-state index in [9.17, 15) is 24.0 Å². The minimum Gasteiger partial charge on any atom is -0.384 e. The number of nitrogens with zero attached hydrogens (tertiary/aromatic N) is 1. The Bertz CT molecular complexity index is 758. The fourth-order valence-electron chi connectivity index (χ4n) is 2.93. The van der Waals surface area contributed by atoms with E-state index in [2.05, 4.69) is 10.6 Å². The van der Waals surface area contributed by atoms with Crippen molar-refractivity contribution in [2.75, 3.05) is 11.9 Å². The van der Waals surface area contributed by atoms with Crippen LogP contribution >= 0.6 is 0 Å². The molecule has 0 bridgehead atoms. The van der Waals surface area contributed by atoms with E-state index >= 15 is 0 Å². The lowest BCUT2D eigenvalue weighted by molar-refractivity contribution is -0.136. The lowest BCUT2D eigenvalue weighted by Gasteiger charge is -2.27. The minimum absolute atomic E-state index is 0.0776. The molecule has 2 N–H and O–H groups in total. The molecule has 0 saturated carbocycles. The number of rotatable bonds is 5. The summed E-state index contributed by atoms with van der Waals surface area (Å²) in [5.74, 6) is -2.18. The van der Waals surface area contributed by atoms with Gasteiger partial charge in [-0.15, -0.1) is 0 Å². The van der Waals surface area contributed by atoms with Crippen LogP contribution in [0.1, 0.15) is 40.0 Å². The summed E-state index contributed by atoms with van der Waals surface area (Å²) in [6, 6.07) is 3.80. The summed E-state index contributed by atoms with van der Waals surface area (Å²) in [6.07, 6.45) is 1.21. The summed E-state index contributed by atoms with van der Waals surface area (Å²) >= 11 is 0. The molecule has 8 nitrogen and oxygen atoms in total. The standard InChI is InChI=1S/C16H15N3O5/c20-8-2-7-17-10-4-1-3-9-13(10)16(24)19(15(9)23)11-5-6-12(21)18-14(11)22/h1,3-4,8,11,17H,2,5-7H2,(H,18,21,22). The molecule has 1 saturated heterocycles. The summed E-state index contributed by atoms with van der Waals surface area (Å²) in [7, 11) is 0. The van der Waals surface area contributed by atoms with Gasteiger partial charge in [0.1, 0.15) is 12.3 Å². The molecule has 0 radical (unpaired) electrons. The first-order valence-electron chi connectivity index (χ1n) is 7.56. The van der Waals surface area contributed by atoms with Gasteiger partial charge < -0.3 is 10.1 Å². The second kappa shape index (κ2) is 6.23. The maximum atomic E-state index is 12.7. The third kappa shape index (κ3) is 2.55. The molecule has 2 heterocycles. The molecular formula is C16H15N3O5. The van der Waals surface area contributed by atoms with Gasteiger partial charge in [-0.05, 0) is 18.6 Å². The van der Waals surface area contributed by atoms with Crippen LogP contribution in [0.15, 0.2) is 18.2 Å². The zero-order valence-electron chi connectivity index (χ0n) is 12.7. The van der Waals surface area contributed by atoms with Crippen LogP contribution in [0.3, 0.4) is 0 Å². The number of carbonyl (C=O) groups excluding carboxylic acids is 5. The van der Waals surface area contributed by atoms with Gasteiger partial charge in [0.25, 0.3) is 11.8 Å². The second-order valence-electron chi connectivity index (χ2n) is 5.56. The number of aldehydes is 1. The molecule has 1 atom stereocenters. The van der Waals surface area contributed by atoms with Crippen molar-refractivity contribution in [3.05, 3.63) is 29.3 Å². The zero-order valence-corrected chi connectivity index (χ0v) is 12.7. The van der Waals surface area contributed by atoms with Gasteiger partial charge in [0.15, 0.2) is 0 Å². The van der Waals surface area contributed by atoms with Gasteiger partial charge in [-0.1, -0.05) is 6.07 Å². The molecule has 3 rings (SSSR count). The van der Waals surface area contributed by atoms with Crippen LogP contribution in [0.5, 0.6) is 0 Å². The van der Waals surface area contributed by atoms with E-state index in [1.807, 2.05) is 0 Å². The number of benzene rings is 1. The number of nitrogens with one attached hydrogen (secondary N) is 2. The number of anilines is 1. The van der Waals surface area contributed by atoms with E-state index in [-0.39, 0.29) is 30.4 Å². The van der Waals surface area contributed by atoms with E-state index in [1.165, 1.54) is 6.07 Å². The maximum absolute atomic E-state index is 12.7. The molecule has 8 heteroatoms. The number of hydrogen-bond acceptors (Lipinski definition) is 6. The predicted octanol–water partition coefficient (Wildman–Crippen LogP) is 0.0887. The molecule has 1 unspecified atom stereocenters. The molecule has 4 amide bonds. The highest BCUT2D eigenvalue weighted by Crippen LogP contribution is 2.32. The van der Waals surface area contributed by atoms with E-state index in [0.29, 0.717) is 12.2 Å². The lowest BCUT2D eigenvalue weighted by atomic mass is 10.0. The van der Waals surface area contributed by atoms with Crippen LogP contribution in [0.4, 0.5) is 5.69 Å². The van der Waals surface area contributed by atoms with E-state index < -0.39 is 29.7 Å². The zero-order chi connectivity index (χ0) is 17.3. The van der Waals surface area contributed by atoms with Crippen molar-refractivity contribution in [1.82, 2.24) is 10.2 Å². The number of imide groups is 2. The van der Waals surface area contributed by atoms with Gasteiger partial charge in [0, 0.05) is 25.1 Å². The van der Waals surface area contributed by atoms with Crippen molar-refractivity contribution < 1.29 is 24.0 Å². The molecule has 124 valence electrons. The summed E-state index contributed by atoms with van der Waals surface area (Å²) in [6.45, 7) is 0.333. The van der Waals surface area contributed by atoms with Crippen LogP contribution in [-0.4, -0.2) is 47.4 Å². The normalized spacial score (nSPS) is 20.0. The highest BCUT2D eigenvalue weighted by Gasteiger charge is 2.45. The topological polar surface area (TPSA) is 113 Å². The van der Waals surface area contributed by atoms with Gasteiger partial charge in [0.05, 0.1) is 11.1 Å². The Balaban J connectivity index is 1.91. The molecule has 24 heavy (non-hydrogen) atoms. The molecule has 1 aromatic rings. The summed E-state index contributed by atoms with van der Waals surface area (Å²) in [5.41, 5.74) is 0.849. The molecule has 0 spiro atoms. The Morgan fingerprint density at radius 2 is 2.00 bits per heavy atom. The second-order valence-corrected chi connectivity index (χ2v) is 5.56. The molecular weight excluding hydrogens is 314 g/mol. The highest BCUT2D eigenvalue weighted by atomic mass is 16.2. The van der Waals surface area contributed by atoms with E-state index in [1.54, 1.807) is 12.1 Å². The van der Waals surface area contributed by atoms with Crippen LogP contribution in [-0.2, 0) is 14.4 Å². The van der Waals surface area contributed by atoms with Crippen molar-refractivity contribution >= 4 is 35.6 Å². The summed E-state index contributed by atoms with van der Waals surface area (Å²) in [5, 5.41) is 5.11. The summed E-state index contributed by atoms with van der Waals surface area (Å²) in [4.78, 5) is 59.9. The smallest absolute Gasteiger partial charge is 0.264 e. The predicted molar refractivity (Wildman–Crippen MR) is 82.3 cm³/mol. The van der Waals surface area contributed by atoms with E-state index in [0.717, 1.165) is 11.2 Å². The lowest BCUT2D eigenvalue weighted by Crippen LogP contribution is -2.54. The number of carbonyl (C=O) groups is 5. The molecule has 1 fully saturated rings. The van der Waals surface area contributed by atoms with Crippen molar-refractivity contribution in [2.24, 2.45) is 0 Å². The number of amides is 4. The third-order valence-corrected chi connectivity index (χ3v) is 4.05. The van der Waals surface area contributed by atoms with Crippen molar-refractivity contribution in [3.8, 4) is 0 Å². The Morgan fingerprint density at radius 1 is 1.21 bits per heavy atom. The monoisotopic (exact) mass is 329 g/mol. The Labute approximate surface area is 137 Å². The van der Waals surface area contributed by atoms with Gasteiger partial charge in [-0.3, -0.25) is 29.4 Å². The molecule has 0 aliphatic carbocycles. The Hall–Kier alpha value is -3.03. The SMILES string of the molecule is O=CCCNc1cccc2c1C(=O)N(C1CCC(=O)NC1=O)C2=O. The third-order valence-electron chi connectivity index (χ3n) is 4.05. The average Bonchev–Trinajstić information content (AvgIpc) is 2.81. The number of piperidine rings is 1. The minimum atomic E-state index is -0.988. The summed E-state index contributed by atoms with van der Waals surface area (Å²) < 4.78 is 0. The highest BCUT2D eigenvalue weighted by molar-refractivity contribution is 6.25. The van der Waals surface area contributed by atoms with Crippen molar-refractivity contribution in [1.29, 1.82) is 0 Å². The van der Waals surface area contributed by atoms with Crippen molar-refractivity contribution in [2.45, 2.75) is 25.3 Å². The van der Waals surface area contributed by atoms with Crippen LogP contribution in [0.25, 0.3) is 0 Å². The quantitative estimate of drug-likeness (QED) is 0.450. The molecule has 0 aromatic heterocycles. The van der Waals surface area contributed by atoms with Gasteiger partial charge in [-0.2, -0.15) is 0 Å².